The summed E-state index contributed by atoms with van der Waals surface area (Å²) in [6, 6.07) is 0. The number of carbonyl (C=O) groups excluding carboxylic acids is 2. The van der Waals surface area contributed by atoms with E-state index in [0.29, 0.717) is 0 Å². The molecule has 4 nitrogen and oxygen atoms in total. The lowest BCUT2D eigenvalue weighted by Crippen LogP contribution is -2.33. The number of cyclic esters (lactones) is 1. The molecule has 0 aromatic carbocycles. The Morgan fingerprint density at radius 1 is 1.75 bits per heavy atom. The molecule has 68 valence electrons. The minimum Gasteiger partial charge on any atom is -0.462 e. The number of rotatable bonds is 1. The number of ether oxygens (including phenoxy) is 2. The molecule has 0 unspecified atom stereocenters. The Bertz CT molecular complexity index is 223. The molecule has 0 spiro atoms. The Kier molecular flexibility index (Phi) is 2.28. The molecule has 1 rings (SSSR count). The quantitative estimate of drug-likeness (QED) is 0.464. The van der Waals surface area contributed by atoms with Crippen molar-refractivity contribution in [3.8, 4) is 0 Å². The molecular formula is C7H9ClO4. The average molecular weight is 193 g/mol. The summed E-state index contributed by atoms with van der Waals surface area (Å²) in [4.78, 5) is 21.3. The van der Waals surface area contributed by atoms with Crippen molar-refractivity contribution in [2.45, 2.75) is 20.0 Å². The molecule has 1 aliphatic heterocycles. The number of hydrogen-bond donors (Lipinski definition) is 0. The van der Waals surface area contributed by atoms with Gasteiger partial charge in [-0.2, -0.15) is 0 Å². The Morgan fingerprint density at radius 3 is 2.67 bits per heavy atom. The molecule has 0 bridgehead atoms. The molecular weight excluding hydrogens is 184 g/mol. The van der Waals surface area contributed by atoms with Gasteiger partial charge in [0.15, 0.2) is 0 Å². The summed E-state index contributed by atoms with van der Waals surface area (Å²) in [6.07, 6.45) is -0.873. The lowest BCUT2D eigenvalue weighted by molar-refractivity contribution is -0.144. The van der Waals surface area contributed by atoms with E-state index < -0.39 is 22.9 Å². The standard InChI is InChI=1S/C7H9ClO4/c1-7(2)3-11-5(9)4(7)12-6(8)10/h4H,3H2,1-2H3/t4-/m0/s1. The molecule has 0 saturated carbocycles. The number of carbonyl (C=O) groups is 2. The lowest BCUT2D eigenvalue weighted by Gasteiger charge is -2.19. The second kappa shape index (κ2) is 2.94. The van der Waals surface area contributed by atoms with E-state index >= 15 is 0 Å². The summed E-state index contributed by atoms with van der Waals surface area (Å²) in [6.45, 7) is 3.78. The van der Waals surface area contributed by atoms with Gasteiger partial charge < -0.3 is 9.47 Å². The molecule has 1 fully saturated rings. The fraction of sp³-hybridized carbons (Fsp3) is 0.714. The van der Waals surface area contributed by atoms with E-state index in [-0.39, 0.29) is 6.61 Å². The maximum atomic E-state index is 11.0. The van der Waals surface area contributed by atoms with Crippen LogP contribution in [0.15, 0.2) is 0 Å². The Morgan fingerprint density at radius 2 is 2.33 bits per heavy atom. The van der Waals surface area contributed by atoms with Gasteiger partial charge in [0.1, 0.15) is 6.61 Å². The van der Waals surface area contributed by atoms with Gasteiger partial charge in [0.2, 0.25) is 6.10 Å². The second-order valence-corrected chi connectivity index (χ2v) is 3.64. The summed E-state index contributed by atoms with van der Waals surface area (Å²) in [5.41, 5.74) is -1.46. The lowest BCUT2D eigenvalue weighted by atomic mass is 9.90. The van der Waals surface area contributed by atoms with Crippen molar-refractivity contribution in [2.24, 2.45) is 5.41 Å². The van der Waals surface area contributed by atoms with E-state index in [4.69, 9.17) is 16.3 Å². The van der Waals surface area contributed by atoms with Crippen LogP contribution in [0.1, 0.15) is 13.8 Å². The van der Waals surface area contributed by atoms with Crippen LogP contribution in [0.4, 0.5) is 4.79 Å². The minimum absolute atomic E-state index is 0.251. The van der Waals surface area contributed by atoms with Crippen LogP contribution < -0.4 is 0 Å². The van der Waals surface area contributed by atoms with E-state index in [1.807, 2.05) is 0 Å². The van der Waals surface area contributed by atoms with E-state index in [1.165, 1.54) is 0 Å². The van der Waals surface area contributed by atoms with Crippen LogP contribution in [0, 0.1) is 5.41 Å². The van der Waals surface area contributed by atoms with Gasteiger partial charge in [-0.15, -0.1) is 0 Å². The van der Waals surface area contributed by atoms with Gasteiger partial charge in [-0.1, -0.05) is 13.8 Å². The van der Waals surface area contributed by atoms with E-state index in [1.54, 1.807) is 13.8 Å². The van der Waals surface area contributed by atoms with Gasteiger partial charge in [-0.3, -0.25) is 0 Å². The summed E-state index contributed by atoms with van der Waals surface area (Å²) >= 11 is 4.98. The van der Waals surface area contributed by atoms with Gasteiger partial charge >= 0.3 is 11.4 Å². The highest BCUT2D eigenvalue weighted by Gasteiger charge is 2.46. The van der Waals surface area contributed by atoms with Crippen molar-refractivity contribution in [3.63, 3.8) is 0 Å². The molecule has 5 heteroatoms. The normalized spacial score (nSPS) is 26.6. The SMILES string of the molecule is CC1(C)COC(=O)[C@@H]1OC(=O)Cl. The van der Waals surface area contributed by atoms with Crippen molar-refractivity contribution in [1.29, 1.82) is 0 Å². The highest BCUT2D eigenvalue weighted by molar-refractivity contribution is 6.61. The predicted octanol–water partition coefficient (Wildman–Crippen LogP) is 1.31. The molecule has 0 N–H and O–H groups in total. The predicted molar refractivity (Wildman–Crippen MR) is 40.9 cm³/mol. The topological polar surface area (TPSA) is 52.6 Å². The van der Waals surface area contributed by atoms with Crippen LogP contribution in [0.3, 0.4) is 0 Å². The van der Waals surface area contributed by atoms with Crippen LogP contribution >= 0.6 is 11.6 Å². The molecule has 0 aromatic rings. The van der Waals surface area contributed by atoms with Gasteiger partial charge in [0.05, 0.1) is 0 Å². The van der Waals surface area contributed by atoms with Crippen molar-refractivity contribution < 1.29 is 19.1 Å². The highest BCUT2D eigenvalue weighted by atomic mass is 35.5. The maximum Gasteiger partial charge on any atom is 0.404 e. The molecule has 0 aliphatic carbocycles. The van der Waals surface area contributed by atoms with Gasteiger partial charge in [-0.05, 0) is 0 Å². The minimum atomic E-state index is -0.980. The number of hydrogen-bond acceptors (Lipinski definition) is 4. The molecule has 1 heterocycles. The van der Waals surface area contributed by atoms with Crippen LogP contribution in [-0.4, -0.2) is 24.1 Å². The first-order valence-electron chi connectivity index (χ1n) is 3.46. The van der Waals surface area contributed by atoms with Crippen LogP contribution in [0.2, 0.25) is 0 Å². The first-order chi connectivity index (χ1) is 5.43. The van der Waals surface area contributed by atoms with E-state index in [0.717, 1.165) is 0 Å². The Labute approximate surface area is 74.8 Å². The van der Waals surface area contributed by atoms with Crippen molar-refractivity contribution in [2.75, 3.05) is 6.61 Å². The van der Waals surface area contributed by atoms with Crippen LogP contribution in [0.25, 0.3) is 0 Å². The van der Waals surface area contributed by atoms with Gasteiger partial charge in [0.25, 0.3) is 0 Å². The first-order valence-corrected chi connectivity index (χ1v) is 3.84. The van der Waals surface area contributed by atoms with Gasteiger partial charge in [0, 0.05) is 17.0 Å². The molecule has 1 aliphatic rings. The zero-order valence-corrected chi connectivity index (χ0v) is 7.55. The fourth-order valence-corrected chi connectivity index (χ4v) is 1.12. The maximum absolute atomic E-state index is 11.0. The second-order valence-electron chi connectivity index (χ2n) is 3.33. The fourth-order valence-electron chi connectivity index (χ4n) is 1.03. The summed E-state index contributed by atoms with van der Waals surface area (Å²) in [7, 11) is 0. The molecule has 0 aromatic heterocycles. The third kappa shape index (κ3) is 1.69. The first kappa shape index (κ1) is 9.32. The smallest absolute Gasteiger partial charge is 0.404 e. The Hall–Kier alpha value is -0.770. The zero-order chi connectivity index (χ0) is 9.35. The monoisotopic (exact) mass is 192 g/mol. The number of halogens is 1. The number of esters is 1. The summed E-state index contributed by atoms with van der Waals surface area (Å²) in [5.74, 6) is -0.533. The van der Waals surface area contributed by atoms with E-state index in [9.17, 15) is 9.59 Å². The zero-order valence-electron chi connectivity index (χ0n) is 6.80. The average Bonchev–Trinajstić information content (AvgIpc) is 2.15. The summed E-state index contributed by atoms with van der Waals surface area (Å²) in [5, 5.41) is 0. The Balaban J connectivity index is 2.71. The highest BCUT2D eigenvalue weighted by Crippen LogP contribution is 2.31. The largest absolute Gasteiger partial charge is 0.462 e. The molecule has 0 radical (unpaired) electrons. The third-order valence-corrected chi connectivity index (χ3v) is 1.81. The molecule has 1 saturated heterocycles. The van der Waals surface area contributed by atoms with Gasteiger partial charge in [-0.25, -0.2) is 9.59 Å². The van der Waals surface area contributed by atoms with Crippen molar-refractivity contribution in [1.82, 2.24) is 0 Å². The van der Waals surface area contributed by atoms with Crippen molar-refractivity contribution >= 4 is 23.0 Å². The summed E-state index contributed by atoms with van der Waals surface area (Å²) < 4.78 is 9.30. The van der Waals surface area contributed by atoms with E-state index in [2.05, 4.69) is 4.74 Å². The molecule has 0 amide bonds. The van der Waals surface area contributed by atoms with Crippen LogP contribution in [-0.2, 0) is 14.3 Å². The van der Waals surface area contributed by atoms with Crippen LogP contribution in [0.5, 0.6) is 0 Å². The van der Waals surface area contributed by atoms with Crippen molar-refractivity contribution in [3.05, 3.63) is 0 Å². The third-order valence-electron chi connectivity index (χ3n) is 1.72. The molecule has 12 heavy (non-hydrogen) atoms. The molecule has 1 atom stereocenters.